The summed E-state index contributed by atoms with van der Waals surface area (Å²) in [6.07, 6.45) is 1.86. The summed E-state index contributed by atoms with van der Waals surface area (Å²) in [7, 11) is 1.65. The standard InChI is InChI=1S/C13H22N2O3/c1-3-13(17)12-5-4-11(10-14-12)15(6-8-16)7-9-18-2/h4-5,10,13,16-17H,3,6-9H2,1-2H3/t13-/m1/s1. The Balaban J connectivity index is 2.73. The van der Waals surface area contributed by atoms with E-state index in [9.17, 15) is 5.11 Å². The normalized spacial score (nSPS) is 12.4. The Morgan fingerprint density at radius 3 is 2.67 bits per heavy atom. The maximum absolute atomic E-state index is 9.67. The Bertz CT molecular complexity index is 330. The van der Waals surface area contributed by atoms with Crippen LogP contribution in [0.5, 0.6) is 0 Å². The third-order valence-electron chi connectivity index (χ3n) is 2.80. The summed E-state index contributed by atoms with van der Waals surface area (Å²) in [5.41, 5.74) is 1.60. The monoisotopic (exact) mass is 254 g/mol. The predicted molar refractivity (Wildman–Crippen MR) is 70.7 cm³/mol. The molecule has 0 fully saturated rings. The first-order chi connectivity index (χ1) is 8.72. The molecule has 1 aromatic heterocycles. The molecule has 18 heavy (non-hydrogen) atoms. The van der Waals surface area contributed by atoms with E-state index in [1.165, 1.54) is 0 Å². The van der Waals surface area contributed by atoms with Crippen molar-refractivity contribution in [3.63, 3.8) is 0 Å². The number of pyridine rings is 1. The first kappa shape index (κ1) is 14.9. The number of hydrogen-bond acceptors (Lipinski definition) is 5. The number of nitrogens with zero attached hydrogens (tertiary/aromatic N) is 2. The number of aliphatic hydroxyl groups is 2. The first-order valence-corrected chi connectivity index (χ1v) is 6.21. The van der Waals surface area contributed by atoms with Crippen LogP contribution in [-0.2, 0) is 4.74 Å². The van der Waals surface area contributed by atoms with E-state index in [-0.39, 0.29) is 6.61 Å². The molecule has 1 heterocycles. The largest absolute Gasteiger partial charge is 0.395 e. The molecule has 5 heteroatoms. The van der Waals surface area contributed by atoms with Crippen LogP contribution in [0.2, 0.25) is 0 Å². The van der Waals surface area contributed by atoms with Crippen LogP contribution in [0, 0.1) is 0 Å². The van der Waals surface area contributed by atoms with E-state index in [4.69, 9.17) is 9.84 Å². The van der Waals surface area contributed by atoms with Crippen LogP contribution in [0.3, 0.4) is 0 Å². The molecule has 0 radical (unpaired) electrons. The van der Waals surface area contributed by atoms with Gasteiger partial charge < -0.3 is 19.8 Å². The zero-order valence-electron chi connectivity index (χ0n) is 11.0. The first-order valence-electron chi connectivity index (χ1n) is 6.21. The van der Waals surface area contributed by atoms with Gasteiger partial charge in [-0.15, -0.1) is 0 Å². The zero-order chi connectivity index (χ0) is 13.4. The van der Waals surface area contributed by atoms with Gasteiger partial charge in [0.25, 0.3) is 0 Å². The van der Waals surface area contributed by atoms with Crippen LogP contribution in [0.1, 0.15) is 25.1 Å². The molecule has 1 atom stereocenters. The molecule has 0 aliphatic rings. The van der Waals surface area contributed by atoms with Crippen molar-refractivity contribution in [1.82, 2.24) is 4.98 Å². The Hall–Kier alpha value is -1.17. The second-order valence-corrected chi connectivity index (χ2v) is 4.07. The van der Waals surface area contributed by atoms with Gasteiger partial charge >= 0.3 is 0 Å². The molecule has 1 aromatic rings. The van der Waals surface area contributed by atoms with Gasteiger partial charge in [0.15, 0.2) is 0 Å². The van der Waals surface area contributed by atoms with Crippen LogP contribution >= 0.6 is 0 Å². The smallest absolute Gasteiger partial charge is 0.0957 e. The highest BCUT2D eigenvalue weighted by atomic mass is 16.5. The zero-order valence-corrected chi connectivity index (χ0v) is 11.0. The van der Waals surface area contributed by atoms with Gasteiger partial charge in [-0.2, -0.15) is 0 Å². The fourth-order valence-electron chi connectivity index (χ4n) is 1.68. The molecule has 0 saturated heterocycles. The molecule has 0 aliphatic carbocycles. The second-order valence-electron chi connectivity index (χ2n) is 4.07. The van der Waals surface area contributed by atoms with Crippen molar-refractivity contribution < 1.29 is 14.9 Å². The number of ether oxygens (including phenoxy) is 1. The topological polar surface area (TPSA) is 65.8 Å². The molecule has 2 N–H and O–H groups in total. The van der Waals surface area contributed by atoms with E-state index in [1.54, 1.807) is 13.3 Å². The average Bonchev–Trinajstić information content (AvgIpc) is 2.43. The van der Waals surface area contributed by atoms with Crippen LogP contribution in [0.25, 0.3) is 0 Å². The Morgan fingerprint density at radius 2 is 2.17 bits per heavy atom. The molecule has 0 bridgehead atoms. The highest BCUT2D eigenvalue weighted by Crippen LogP contribution is 2.18. The van der Waals surface area contributed by atoms with Crippen molar-refractivity contribution in [2.45, 2.75) is 19.4 Å². The fourth-order valence-corrected chi connectivity index (χ4v) is 1.68. The summed E-state index contributed by atoms with van der Waals surface area (Å²) in [6.45, 7) is 3.84. The van der Waals surface area contributed by atoms with E-state index in [0.717, 1.165) is 5.69 Å². The third-order valence-corrected chi connectivity index (χ3v) is 2.80. The van der Waals surface area contributed by atoms with Crippen LogP contribution < -0.4 is 4.90 Å². The van der Waals surface area contributed by atoms with Gasteiger partial charge in [0, 0.05) is 20.2 Å². The summed E-state index contributed by atoms with van der Waals surface area (Å²) in [5.74, 6) is 0. The molecule has 0 spiro atoms. The molecule has 0 aliphatic heterocycles. The highest BCUT2D eigenvalue weighted by Gasteiger charge is 2.09. The van der Waals surface area contributed by atoms with Crippen LogP contribution in [0.4, 0.5) is 5.69 Å². The lowest BCUT2D eigenvalue weighted by Gasteiger charge is -2.23. The molecule has 102 valence electrons. The minimum Gasteiger partial charge on any atom is -0.395 e. The van der Waals surface area contributed by atoms with Crippen molar-refractivity contribution in [1.29, 1.82) is 0 Å². The van der Waals surface area contributed by atoms with E-state index >= 15 is 0 Å². The second kappa shape index (κ2) is 8.02. The van der Waals surface area contributed by atoms with Crippen molar-refractivity contribution in [3.05, 3.63) is 24.0 Å². The van der Waals surface area contributed by atoms with Gasteiger partial charge in [-0.05, 0) is 18.6 Å². The maximum Gasteiger partial charge on any atom is 0.0957 e. The van der Waals surface area contributed by atoms with E-state index in [0.29, 0.717) is 31.8 Å². The molecule has 0 unspecified atom stereocenters. The number of anilines is 1. The molecular formula is C13H22N2O3. The summed E-state index contributed by atoms with van der Waals surface area (Å²) < 4.78 is 5.04. The lowest BCUT2D eigenvalue weighted by atomic mass is 10.2. The number of methoxy groups -OCH3 is 1. The average molecular weight is 254 g/mol. The lowest BCUT2D eigenvalue weighted by molar-refractivity contribution is 0.169. The van der Waals surface area contributed by atoms with Crippen molar-refractivity contribution in [3.8, 4) is 0 Å². The Labute approximate surface area is 108 Å². The minimum atomic E-state index is -0.510. The predicted octanol–water partition coefficient (Wildman–Crippen LogP) is 0.970. The van der Waals surface area contributed by atoms with E-state index < -0.39 is 6.10 Å². The molecule has 0 saturated carbocycles. The van der Waals surface area contributed by atoms with Gasteiger partial charge in [0.05, 0.1) is 36.9 Å². The lowest BCUT2D eigenvalue weighted by Crippen LogP contribution is -2.30. The van der Waals surface area contributed by atoms with Gasteiger partial charge in [0.2, 0.25) is 0 Å². The Morgan fingerprint density at radius 1 is 1.39 bits per heavy atom. The summed E-state index contributed by atoms with van der Waals surface area (Å²) >= 11 is 0. The minimum absolute atomic E-state index is 0.0864. The molecule has 0 amide bonds. The summed E-state index contributed by atoms with van der Waals surface area (Å²) in [5, 5.41) is 18.7. The SMILES string of the molecule is CC[C@@H](O)c1ccc(N(CCO)CCOC)cn1. The quantitative estimate of drug-likeness (QED) is 0.723. The van der Waals surface area contributed by atoms with Gasteiger partial charge in [-0.3, -0.25) is 4.98 Å². The maximum atomic E-state index is 9.67. The molecule has 1 rings (SSSR count). The summed E-state index contributed by atoms with van der Waals surface area (Å²) in [4.78, 5) is 6.25. The van der Waals surface area contributed by atoms with E-state index in [1.807, 2.05) is 24.0 Å². The number of aromatic nitrogens is 1. The van der Waals surface area contributed by atoms with Crippen molar-refractivity contribution >= 4 is 5.69 Å². The highest BCUT2D eigenvalue weighted by molar-refractivity contribution is 5.44. The number of aliphatic hydroxyl groups excluding tert-OH is 2. The number of hydrogen-bond donors (Lipinski definition) is 2. The van der Waals surface area contributed by atoms with Crippen molar-refractivity contribution in [2.75, 3.05) is 38.3 Å². The Kier molecular flexibility index (Phi) is 6.64. The van der Waals surface area contributed by atoms with Crippen LogP contribution in [0.15, 0.2) is 18.3 Å². The van der Waals surface area contributed by atoms with Crippen LogP contribution in [-0.4, -0.2) is 48.6 Å². The fraction of sp³-hybridized carbons (Fsp3) is 0.615. The van der Waals surface area contributed by atoms with E-state index in [2.05, 4.69) is 4.98 Å². The number of rotatable bonds is 8. The molecule has 5 nitrogen and oxygen atoms in total. The van der Waals surface area contributed by atoms with Gasteiger partial charge in [-0.25, -0.2) is 0 Å². The van der Waals surface area contributed by atoms with Gasteiger partial charge in [-0.1, -0.05) is 6.92 Å². The molecule has 0 aromatic carbocycles. The van der Waals surface area contributed by atoms with Gasteiger partial charge in [0.1, 0.15) is 0 Å². The third kappa shape index (κ3) is 4.25. The van der Waals surface area contributed by atoms with Crippen molar-refractivity contribution in [2.24, 2.45) is 0 Å². The summed E-state index contributed by atoms with van der Waals surface area (Å²) in [6, 6.07) is 3.73. The molecular weight excluding hydrogens is 232 g/mol.